The highest BCUT2D eigenvalue weighted by Crippen LogP contribution is 2.18. The van der Waals surface area contributed by atoms with Crippen molar-refractivity contribution < 1.29 is 17.9 Å². The zero-order valence-electron chi connectivity index (χ0n) is 14.8. The van der Waals surface area contributed by atoms with Gasteiger partial charge in [0.1, 0.15) is 0 Å². The molecule has 2 aromatic rings. The molecule has 7 heteroatoms. The van der Waals surface area contributed by atoms with Gasteiger partial charge in [-0.3, -0.25) is 0 Å². The highest BCUT2D eigenvalue weighted by molar-refractivity contribution is 7.91. The number of nitrogens with zero attached hydrogens (tertiary/aromatic N) is 1. The predicted molar refractivity (Wildman–Crippen MR) is 103 cm³/mol. The first-order chi connectivity index (χ1) is 12.3. The first-order valence-electron chi connectivity index (χ1n) is 8.34. The second kappa shape index (κ2) is 8.47. The first kappa shape index (κ1) is 20.1. The molecule has 0 aliphatic carbocycles. The van der Waals surface area contributed by atoms with E-state index in [0.717, 1.165) is 4.68 Å². The highest BCUT2D eigenvalue weighted by atomic mass is 35.5. The van der Waals surface area contributed by atoms with Crippen LogP contribution in [0, 0.1) is 0 Å². The third kappa shape index (κ3) is 4.51. The van der Waals surface area contributed by atoms with E-state index in [1.54, 1.807) is 55.5 Å². The van der Waals surface area contributed by atoms with E-state index >= 15 is 0 Å². The van der Waals surface area contributed by atoms with E-state index in [9.17, 15) is 13.2 Å². The Balaban J connectivity index is 2.57. The molecule has 0 radical (unpaired) electrons. The van der Waals surface area contributed by atoms with Gasteiger partial charge in [-0.05, 0) is 59.6 Å². The topological polar surface area (TPSA) is 80.2 Å². The second-order valence-electron chi connectivity index (χ2n) is 5.82. The quantitative estimate of drug-likeness (QED) is 0.269. The van der Waals surface area contributed by atoms with Crippen LogP contribution in [0.5, 0.6) is 0 Å². The summed E-state index contributed by atoms with van der Waals surface area (Å²) in [5.41, 5.74) is 1.85. The zero-order chi connectivity index (χ0) is 19.3. The Morgan fingerprint density at radius 1 is 1.00 bits per heavy atom. The fourth-order valence-electron chi connectivity index (χ4n) is 2.55. The maximum absolute atomic E-state index is 12.2. The Hall–Kier alpha value is -2.18. The fraction of sp³-hybridized carbons (Fsp3) is 0.263. The molecule has 2 rings (SSSR count). The van der Waals surface area contributed by atoms with Crippen LogP contribution >= 0.6 is 11.6 Å². The minimum Gasteiger partial charge on any atom is -0.224 e. The second-order valence-corrected chi connectivity index (χ2v) is 8.36. The van der Waals surface area contributed by atoms with Gasteiger partial charge in [0, 0.05) is 16.1 Å². The third-order valence-corrected chi connectivity index (χ3v) is 6.08. The molecule has 0 aliphatic heterocycles. The number of carbonyl (C=O) groups excluding carboxylic acids is 1. The standard InChI is InChI=1S/C19H22ClN2O3S/c1-3-13-26(24,25)17-11-7-15(8-12-17)19(22(21)18(23)4-2)14-5-9-16(20)10-6-14/h5-12H,3-4,13,21H2,1-2H3/q+1. The summed E-state index contributed by atoms with van der Waals surface area (Å²) < 4.78 is 25.5. The molecular weight excluding hydrogens is 372 g/mol. The molecule has 5 nitrogen and oxygen atoms in total. The lowest BCUT2D eigenvalue weighted by molar-refractivity contribution is -0.458. The first-order valence-corrected chi connectivity index (χ1v) is 10.4. The summed E-state index contributed by atoms with van der Waals surface area (Å²) in [6.45, 7) is 3.54. The number of hydrogen-bond donors (Lipinski definition) is 1. The van der Waals surface area contributed by atoms with Crippen molar-refractivity contribution in [2.45, 2.75) is 31.6 Å². The minimum absolute atomic E-state index is 0.0947. The van der Waals surface area contributed by atoms with Gasteiger partial charge in [-0.25, -0.2) is 19.1 Å². The smallest absolute Gasteiger partial charge is 0.224 e. The molecule has 0 aromatic heterocycles. The van der Waals surface area contributed by atoms with Gasteiger partial charge in [-0.2, -0.15) is 0 Å². The lowest BCUT2D eigenvalue weighted by atomic mass is 10.0. The predicted octanol–water partition coefficient (Wildman–Crippen LogP) is 3.18. The molecule has 0 aliphatic rings. The van der Waals surface area contributed by atoms with E-state index in [1.165, 1.54) is 0 Å². The monoisotopic (exact) mass is 393 g/mol. The normalized spacial score (nSPS) is 12.6. The van der Waals surface area contributed by atoms with Crippen LogP contribution < -0.4 is 5.84 Å². The van der Waals surface area contributed by atoms with Gasteiger partial charge in [0.2, 0.25) is 0 Å². The molecule has 138 valence electrons. The van der Waals surface area contributed by atoms with Crippen molar-refractivity contribution in [3.63, 3.8) is 0 Å². The van der Waals surface area contributed by atoms with E-state index < -0.39 is 9.84 Å². The molecular formula is C19H22ClN2O3S+. The van der Waals surface area contributed by atoms with Crippen LogP contribution in [-0.4, -0.2) is 30.5 Å². The van der Waals surface area contributed by atoms with E-state index in [2.05, 4.69) is 0 Å². The van der Waals surface area contributed by atoms with Gasteiger partial charge >= 0.3 is 5.91 Å². The van der Waals surface area contributed by atoms with Crippen molar-refractivity contribution in [1.82, 2.24) is 0 Å². The molecule has 0 atom stereocenters. The summed E-state index contributed by atoms with van der Waals surface area (Å²) in [6, 6.07) is 13.4. The number of carbonyl (C=O) groups is 1. The van der Waals surface area contributed by atoms with Crippen LogP contribution in [0.1, 0.15) is 37.8 Å². The summed E-state index contributed by atoms with van der Waals surface area (Å²) >= 11 is 5.94. The van der Waals surface area contributed by atoms with E-state index in [4.69, 9.17) is 17.4 Å². The van der Waals surface area contributed by atoms with Crippen LogP contribution in [-0.2, 0) is 14.6 Å². The number of hydrazine groups is 1. The molecule has 0 fully saturated rings. The Bertz CT molecular complexity index is 918. The van der Waals surface area contributed by atoms with Gasteiger partial charge in [-0.15, -0.1) is 0 Å². The van der Waals surface area contributed by atoms with Crippen LogP contribution in [0.25, 0.3) is 0 Å². The summed E-state index contributed by atoms with van der Waals surface area (Å²) in [5.74, 6) is 5.88. The van der Waals surface area contributed by atoms with Gasteiger partial charge in [0.05, 0.1) is 17.1 Å². The average Bonchev–Trinajstić information content (AvgIpc) is 2.63. The maximum atomic E-state index is 12.2. The molecule has 0 spiro atoms. The molecule has 0 unspecified atom stereocenters. The summed E-state index contributed by atoms with van der Waals surface area (Å²) in [6.07, 6.45) is 0.796. The Morgan fingerprint density at radius 2 is 1.50 bits per heavy atom. The number of hydrazone groups is 1. The van der Waals surface area contributed by atoms with Gasteiger partial charge in [0.25, 0.3) is 5.71 Å². The lowest BCUT2D eigenvalue weighted by Gasteiger charge is -2.07. The zero-order valence-corrected chi connectivity index (χ0v) is 16.3. The number of sulfone groups is 1. The largest absolute Gasteiger partial charge is 0.414 e. The number of nitrogens with two attached hydrogens (primary N) is 1. The Labute approximate surface area is 159 Å². The van der Waals surface area contributed by atoms with Gasteiger partial charge < -0.3 is 0 Å². The number of rotatable bonds is 6. The summed E-state index contributed by atoms with van der Waals surface area (Å²) in [4.78, 5) is 12.4. The van der Waals surface area contributed by atoms with Crippen LogP contribution in [0.15, 0.2) is 53.4 Å². The number of amides is 1. The minimum atomic E-state index is -3.30. The number of benzene rings is 2. The van der Waals surface area contributed by atoms with E-state index in [-0.39, 0.29) is 23.0 Å². The molecule has 0 heterocycles. The van der Waals surface area contributed by atoms with E-state index in [1.807, 2.05) is 6.92 Å². The maximum Gasteiger partial charge on any atom is 0.414 e. The van der Waals surface area contributed by atoms with Crippen LogP contribution in [0.3, 0.4) is 0 Å². The van der Waals surface area contributed by atoms with Crippen molar-refractivity contribution in [2.75, 3.05) is 5.75 Å². The molecule has 2 N–H and O–H groups in total. The number of halogens is 1. The van der Waals surface area contributed by atoms with Crippen molar-refractivity contribution in [1.29, 1.82) is 0 Å². The molecule has 26 heavy (non-hydrogen) atoms. The average molecular weight is 394 g/mol. The van der Waals surface area contributed by atoms with Crippen LogP contribution in [0.4, 0.5) is 0 Å². The third-order valence-electron chi connectivity index (χ3n) is 3.89. The summed E-state index contributed by atoms with van der Waals surface area (Å²) in [5, 5.41) is 0.569. The van der Waals surface area contributed by atoms with Gasteiger partial charge in [-0.1, -0.05) is 25.4 Å². The van der Waals surface area contributed by atoms with Crippen molar-refractivity contribution in [2.24, 2.45) is 5.84 Å². The fourth-order valence-corrected chi connectivity index (χ4v) is 4.00. The van der Waals surface area contributed by atoms with Crippen molar-refractivity contribution in [3.05, 3.63) is 64.7 Å². The SMILES string of the molecule is CCCS(=O)(=O)c1ccc(C(c2ccc(Cl)cc2)=[N+](N)C(=O)CC)cc1. The molecule has 0 saturated carbocycles. The molecule has 2 aromatic carbocycles. The molecule has 1 amide bonds. The Kier molecular flexibility index (Phi) is 6.56. The van der Waals surface area contributed by atoms with Crippen LogP contribution in [0.2, 0.25) is 5.02 Å². The highest BCUT2D eigenvalue weighted by Gasteiger charge is 2.24. The van der Waals surface area contributed by atoms with Gasteiger partial charge in [0.15, 0.2) is 9.84 Å². The lowest BCUT2D eigenvalue weighted by Crippen LogP contribution is -2.34. The summed E-state index contributed by atoms with van der Waals surface area (Å²) in [7, 11) is -3.30. The Morgan fingerprint density at radius 3 is 1.96 bits per heavy atom. The van der Waals surface area contributed by atoms with E-state index in [0.29, 0.717) is 28.3 Å². The van der Waals surface area contributed by atoms with Crippen molar-refractivity contribution >= 4 is 33.1 Å². The van der Waals surface area contributed by atoms with Crippen molar-refractivity contribution in [3.8, 4) is 0 Å². The molecule has 0 bridgehead atoms. The number of hydrogen-bond acceptors (Lipinski definition) is 4. The molecule has 0 saturated heterocycles.